The average molecular weight is 300 g/mol. The fourth-order valence-corrected chi connectivity index (χ4v) is 1.17. The van der Waals surface area contributed by atoms with Gasteiger partial charge in [-0.2, -0.15) is 22.0 Å². The molecule has 0 heterocycles. The first kappa shape index (κ1) is 16.0. The molecule has 0 saturated heterocycles. The first-order valence-electron chi connectivity index (χ1n) is 5.07. The van der Waals surface area contributed by atoms with Crippen LogP contribution in [0.25, 0.3) is 0 Å². The largest absolute Gasteiger partial charge is 0.493 e. The lowest BCUT2D eigenvalue weighted by Gasteiger charge is -2.20. The molecule has 1 N–H and O–H groups in total. The Morgan fingerprint density at radius 1 is 1.20 bits per heavy atom. The van der Waals surface area contributed by atoms with Crippen LogP contribution in [-0.2, 0) is 0 Å². The van der Waals surface area contributed by atoms with Gasteiger partial charge in [-0.3, -0.25) is 0 Å². The highest BCUT2D eigenvalue weighted by Crippen LogP contribution is 2.37. The van der Waals surface area contributed by atoms with Crippen molar-refractivity contribution in [3.8, 4) is 11.5 Å². The van der Waals surface area contributed by atoms with E-state index < -0.39 is 30.4 Å². The van der Waals surface area contributed by atoms with Crippen molar-refractivity contribution >= 4 is 5.97 Å². The highest BCUT2D eigenvalue weighted by atomic mass is 19.4. The van der Waals surface area contributed by atoms with Gasteiger partial charge in [0.2, 0.25) is 0 Å². The fourth-order valence-electron chi connectivity index (χ4n) is 1.17. The highest BCUT2D eigenvalue weighted by molar-refractivity contribution is 5.88. The van der Waals surface area contributed by atoms with E-state index in [1.54, 1.807) is 0 Å². The van der Waals surface area contributed by atoms with Crippen LogP contribution in [0.4, 0.5) is 22.0 Å². The molecule has 0 atom stereocenters. The van der Waals surface area contributed by atoms with Crippen LogP contribution in [-0.4, -0.2) is 36.9 Å². The van der Waals surface area contributed by atoms with E-state index in [-0.39, 0.29) is 11.3 Å². The lowest BCUT2D eigenvalue weighted by molar-refractivity contribution is -0.290. The van der Waals surface area contributed by atoms with E-state index in [4.69, 9.17) is 5.11 Å². The highest BCUT2D eigenvalue weighted by Gasteiger charge is 2.58. The maximum absolute atomic E-state index is 12.7. The van der Waals surface area contributed by atoms with Crippen molar-refractivity contribution in [3.63, 3.8) is 0 Å². The van der Waals surface area contributed by atoms with Gasteiger partial charge in [0.15, 0.2) is 18.1 Å². The molecule has 20 heavy (non-hydrogen) atoms. The molecule has 0 radical (unpaired) electrons. The number of rotatable bonds is 5. The van der Waals surface area contributed by atoms with Gasteiger partial charge in [0.1, 0.15) is 0 Å². The molecule has 0 saturated carbocycles. The van der Waals surface area contributed by atoms with Crippen molar-refractivity contribution in [1.29, 1.82) is 0 Å². The zero-order valence-corrected chi connectivity index (χ0v) is 10.0. The number of aromatic carboxylic acids is 1. The standard InChI is InChI=1S/C11H9F5O4/c1-19-7-3-2-6(9(17)18)4-8(7)20-5-10(12,13)11(14,15)16/h2-4H,5H2,1H3,(H,17,18). The number of benzene rings is 1. The number of alkyl halides is 5. The first-order valence-corrected chi connectivity index (χ1v) is 5.07. The SMILES string of the molecule is COc1ccc(C(=O)O)cc1OCC(F)(F)C(F)(F)F. The van der Waals surface area contributed by atoms with E-state index in [0.29, 0.717) is 0 Å². The lowest BCUT2D eigenvalue weighted by Crippen LogP contribution is -2.41. The molecule has 0 spiro atoms. The Morgan fingerprint density at radius 3 is 2.25 bits per heavy atom. The number of halogens is 5. The second-order valence-electron chi connectivity index (χ2n) is 3.66. The minimum Gasteiger partial charge on any atom is -0.493 e. The van der Waals surface area contributed by atoms with Gasteiger partial charge in [-0.15, -0.1) is 0 Å². The Labute approximate surface area is 109 Å². The van der Waals surface area contributed by atoms with Crippen molar-refractivity contribution in [1.82, 2.24) is 0 Å². The van der Waals surface area contributed by atoms with Crippen LogP contribution in [0.1, 0.15) is 10.4 Å². The smallest absolute Gasteiger partial charge is 0.456 e. The molecule has 0 fully saturated rings. The summed E-state index contributed by atoms with van der Waals surface area (Å²) in [5.41, 5.74) is -0.337. The maximum atomic E-state index is 12.7. The summed E-state index contributed by atoms with van der Waals surface area (Å²) < 4.78 is 70.4. The Morgan fingerprint density at radius 2 is 1.80 bits per heavy atom. The van der Waals surface area contributed by atoms with Crippen LogP contribution in [0, 0.1) is 0 Å². The van der Waals surface area contributed by atoms with Gasteiger partial charge in [0, 0.05) is 0 Å². The predicted octanol–water partition coefficient (Wildman–Crippen LogP) is 2.97. The normalized spacial score (nSPS) is 12.1. The molecule has 4 nitrogen and oxygen atoms in total. The minimum atomic E-state index is -5.76. The first-order chi connectivity index (χ1) is 9.08. The molecule has 0 amide bonds. The second-order valence-corrected chi connectivity index (χ2v) is 3.66. The quantitative estimate of drug-likeness (QED) is 0.849. The van der Waals surface area contributed by atoms with Crippen molar-refractivity contribution in [2.45, 2.75) is 12.1 Å². The van der Waals surface area contributed by atoms with Crippen LogP contribution in [0.3, 0.4) is 0 Å². The summed E-state index contributed by atoms with van der Waals surface area (Å²) in [5, 5.41) is 8.71. The molecular weight excluding hydrogens is 291 g/mol. The van der Waals surface area contributed by atoms with Crippen LogP contribution >= 0.6 is 0 Å². The Kier molecular flexibility index (Phi) is 4.41. The number of ether oxygens (including phenoxy) is 2. The lowest BCUT2D eigenvalue weighted by atomic mass is 10.2. The third-order valence-corrected chi connectivity index (χ3v) is 2.23. The van der Waals surface area contributed by atoms with Crippen LogP contribution < -0.4 is 9.47 Å². The molecule has 9 heteroatoms. The van der Waals surface area contributed by atoms with Crippen molar-refractivity contribution in [2.24, 2.45) is 0 Å². The minimum absolute atomic E-state index is 0.159. The zero-order valence-electron chi connectivity index (χ0n) is 10.0. The topological polar surface area (TPSA) is 55.8 Å². The van der Waals surface area contributed by atoms with Crippen LogP contribution in [0.2, 0.25) is 0 Å². The number of hydrogen-bond acceptors (Lipinski definition) is 3. The van der Waals surface area contributed by atoms with E-state index in [1.165, 1.54) is 0 Å². The average Bonchev–Trinajstić information content (AvgIpc) is 2.34. The molecule has 0 aliphatic rings. The summed E-state index contributed by atoms with van der Waals surface area (Å²) in [6.07, 6.45) is -5.76. The Bertz CT molecular complexity index is 498. The summed E-state index contributed by atoms with van der Waals surface area (Å²) in [6, 6.07) is 2.98. The van der Waals surface area contributed by atoms with Crippen LogP contribution in [0.5, 0.6) is 11.5 Å². The van der Waals surface area contributed by atoms with E-state index in [9.17, 15) is 26.7 Å². The molecule has 0 aliphatic carbocycles. The molecule has 0 bridgehead atoms. The van der Waals surface area contributed by atoms with Gasteiger partial charge in [-0.05, 0) is 18.2 Å². The number of hydrogen-bond donors (Lipinski definition) is 1. The molecule has 0 aliphatic heterocycles. The summed E-state index contributed by atoms with van der Waals surface area (Å²) in [4.78, 5) is 10.7. The molecular formula is C11H9F5O4. The van der Waals surface area contributed by atoms with Crippen molar-refractivity contribution < 1.29 is 41.3 Å². The monoisotopic (exact) mass is 300 g/mol. The van der Waals surface area contributed by atoms with Gasteiger partial charge in [-0.25, -0.2) is 4.79 Å². The number of carboxylic acid groups (broad SMARTS) is 1. The zero-order chi connectivity index (χ0) is 15.6. The van der Waals surface area contributed by atoms with Crippen molar-refractivity contribution in [3.05, 3.63) is 23.8 Å². The van der Waals surface area contributed by atoms with E-state index >= 15 is 0 Å². The van der Waals surface area contributed by atoms with Gasteiger partial charge < -0.3 is 14.6 Å². The third-order valence-electron chi connectivity index (χ3n) is 2.23. The Hall–Kier alpha value is -2.06. The summed E-state index contributed by atoms with van der Waals surface area (Å²) in [5.74, 6) is -7.12. The summed E-state index contributed by atoms with van der Waals surface area (Å²) >= 11 is 0. The number of carboxylic acids is 1. The molecule has 1 aromatic rings. The third kappa shape index (κ3) is 3.49. The van der Waals surface area contributed by atoms with Gasteiger partial charge in [-0.1, -0.05) is 0 Å². The van der Waals surface area contributed by atoms with Crippen molar-refractivity contribution in [2.75, 3.05) is 13.7 Å². The molecule has 0 unspecified atom stereocenters. The van der Waals surface area contributed by atoms with Gasteiger partial charge in [0.25, 0.3) is 0 Å². The van der Waals surface area contributed by atoms with E-state index in [0.717, 1.165) is 25.3 Å². The van der Waals surface area contributed by atoms with E-state index in [2.05, 4.69) is 9.47 Å². The second kappa shape index (κ2) is 5.51. The summed E-state index contributed by atoms with van der Waals surface area (Å²) in [7, 11) is 1.13. The van der Waals surface area contributed by atoms with E-state index in [1.807, 2.05) is 0 Å². The Balaban J connectivity index is 2.97. The molecule has 0 aromatic heterocycles. The molecule has 1 rings (SSSR count). The van der Waals surface area contributed by atoms with Gasteiger partial charge in [0.05, 0.1) is 12.7 Å². The predicted molar refractivity (Wildman–Crippen MR) is 56.5 cm³/mol. The molecule has 112 valence electrons. The summed E-state index contributed by atoms with van der Waals surface area (Å²) in [6.45, 7) is -1.98. The number of methoxy groups -OCH3 is 1. The molecule has 1 aromatic carbocycles. The fraction of sp³-hybridized carbons (Fsp3) is 0.364. The maximum Gasteiger partial charge on any atom is 0.456 e. The van der Waals surface area contributed by atoms with Gasteiger partial charge >= 0.3 is 18.1 Å². The number of carbonyl (C=O) groups is 1. The van der Waals surface area contributed by atoms with Crippen LogP contribution in [0.15, 0.2) is 18.2 Å².